The van der Waals surface area contributed by atoms with Crippen molar-refractivity contribution in [3.05, 3.63) is 59.7 Å². The fourth-order valence-electron chi connectivity index (χ4n) is 2.20. The summed E-state index contributed by atoms with van der Waals surface area (Å²) in [4.78, 5) is 13.1. The first kappa shape index (κ1) is 13.5. The van der Waals surface area contributed by atoms with E-state index < -0.39 is 0 Å². The molecule has 0 radical (unpaired) electrons. The zero-order valence-corrected chi connectivity index (χ0v) is 12.7. The molecule has 0 spiro atoms. The molecule has 3 rings (SSSR count). The maximum atomic E-state index is 12.0. The molecule has 4 heteroatoms. The number of hydrogen-bond donors (Lipinski definition) is 0. The molecule has 2 aromatic rings. The van der Waals surface area contributed by atoms with Gasteiger partial charge in [0.25, 0.3) is 0 Å². The quantitative estimate of drug-likeness (QED) is 0.781. The molecule has 2 aromatic carbocycles. The van der Waals surface area contributed by atoms with Crippen molar-refractivity contribution in [2.24, 2.45) is 0 Å². The first-order valence-electron chi connectivity index (χ1n) is 6.30. The second-order valence-corrected chi connectivity index (χ2v) is 6.16. The van der Waals surface area contributed by atoms with E-state index in [2.05, 4.69) is 29.0 Å². The highest BCUT2D eigenvalue weighted by Gasteiger charge is 2.22. The Balaban J connectivity index is 2.04. The van der Waals surface area contributed by atoms with E-state index >= 15 is 0 Å². The molecule has 0 N–H and O–H groups in total. The molecule has 1 aliphatic heterocycles. The van der Waals surface area contributed by atoms with Crippen LogP contribution < -0.4 is 0 Å². The molecule has 0 saturated heterocycles. The lowest BCUT2D eigenvalue weighted by molar-refractivity contribution is -0.411. The number of para-hydroxylation sites is 1. The maximum Gasteiger partial charge on any atom is 0.220 e. The molecule has 0 amide bonds. The van der Waals surface area contributed by atoms with Gasteiger partial charge in [0.1, 0.15) is 0 Å². The number of thioether (sulfide) groups is 2. The summed E-state index contributed by atoms with van der Waals surface area (Å²) in [5.74, 6) is 0.829. The Morgan fingerprint density at radius 3 is 2.70 bits per heavy atom. The van der Waals surface area contributed by atoms with Gasteiger partial charge in [-0.2, -0.15) is 4.58 Å². The first-order valence-corrected chi connectivity index (χ1v) is 8.51. The topological polar surface area (TPSA) is 20.1 Å². The molecular weight excluding hydrogens is 286 g/mol. The minimum atomic E-state index is 0.135. The van der Waals surface area contributed by atoms with Crippen molar-refractivity contribution in [2.75, 3.05) is 12.1 Å². The van der Waals surface area contributed by atoms with E-state index in [0.29, 0.717) is 0 Å². The molecule has 0 bridgehead atoms. The average molecular weight is 300 g/mol. The zero-order valence-electron chi connectivity index (χ0n) is 11.1. The van der Waals surface area contributed by atoms with E-state index in [1.807, 2.05) is 36.6 Å². The number of carbonyl (C=O) groups is 1. The van der Waals surface area contributed by atoms with Gasteiger partial charge in [-0.25, -0.2) is 0 Å². The van der Waals surface area contributed by atoms with Crippen LogP contribution in [0.4, 0.5) is 5.69 Å². The Morgan fingerprint density at radius 1 is 1.15 bits per heavy atom. The van der Waals surface area contributed by atoms with Gasteiger partial charge >= 0.3 is 0 Å². The van der Waals surface area contributed by atoms with E-state index in [-0.39, 0.29) is 5.12 Å². The molecule has 2 nitrogen and oxygen atoms in total. The summed E-state index contributed by atoms with van der Waals surface area (Å²) in [5.41, 5.74) is 3.11. The number of rotatable bonds is 2. The Kier molecular flexibility index (Phi) is 3.94. The summed E-state index contributed by atoms with van der Waals surface area (Å²) in [6, 6.07) is 16.2. The van der Waals surface area contributed by atoms with Crippen LogP contribution in [0, 0.1) is 0 Å². The molecule has 0 aromatic heterocycles. The first-order chi connectivity index (χ1) is 9.79. The number of benzene rings is 2. The predicted molar refractivity (Wildman–Crippen MR) is 86.5 cm³/mol. The molecule has 0 fully saturated rings. The van der Waals surface area contributed by atoms with Crippen LogP contribution in [0.25, 0.3) is 0 Å². The van der Waals surface area contributed by atoms with Crippen molar-refractivity contribution in [1.29, 1.82) is 0 Å². The molecular formula is C16H14NOS2+. The van der Waals surface area contributed by atoms with Crippen LogP contribution in [0.3, 0.4) is 0 Å². The maximum absolute atomic E-state index is 12.0. The number of fused-ring (bicyclic) bond motifs is 1. The van der Waals surface area contributed by atoms with Crippen LogP contribution in [0.15, 0.2) is 53.4 Å². The van der Waals surface area contributed by atoms with Crippen molar-refractivity contribution < 1.29 is 9.37 Å². The summed E-state index contributed by atoms with van der Waals surface area (Å²) in [5, 5.41) is 0.135. The highest BCUT2D eigenvalue weighted by Crippen LogP contribution is 2.32. The Morgan fingerprint density at radius 2 is 1.95 bits per heavy atom. The van der Waals surface area contributed by atoms with Gasteiger partial charge in [0.05, 0.1) is 5.56 Å². The molecule has 100 valence electrons. The highest BCUT2D eigenvalue weighted by molar-refractivity contribution is 8.13. The minimum Gasteiger partial charge on any atom is -0.282 e. The molecule has 0 saturated carbocycles. The summed E-state index contributed by atoms with van der Waals surface area (Å²) in [6.45, 7) is 0. The third kappa shape index (κ3) is 2.53. The molecule has 1 heterocycles. The number of nitrogens with zero attached hydrogens (tertiary/aromatic N) is 1. The van der Waals surface area contributed by atoms with E-state index in [1.165, 1.54) is 17.4 Å². The van der Waals surface area contributed by atoms with Gasteiger partial charge in [0.2, 0.25) is 10.8 Å². The minimum absolute atomic E-state index is 0.135. The van der Waals surface area contributed by atoms with Crippen LogP contribution in [-0.4, -0.2) is 28.0 Å². The second-order valence-electron chi connectivity index (χ2n) is 4.42. The third-order valence-corrected chi connectivity index (χ3v) is 4.92. The van der Waals surface area contributed by atoms with Crippen LogP contribution in [0.1, 0.15) is 15.9 Å². The fourth-order valence-corrected chi connectivity index (χ4v) is 3.75. The smallest absolute Gasteiger partial charge is 0.220 e. The third-order valence-electron chi connectivity index (χ3n) is 3.18. The number of carbonyl (C=O) groups excluding carboxylic acids is 1. The normalized spacial score (nSPS) is 13.6. The van der Waals surface area contributed by atoms with E-state index in [9.17, 15) is 4.79 Å². The van der Waals surface area contributed by atoms with Crippen molar-refractivity contribution in [1.82, 2.24) is 0 Å². The van der Waals surface area contributed by atoms with Gasteiger partial charge in [-0.1, -0.05) is 47.8 Å². The van der Waals surface area contributed by atoms with Crippen molar-refractivity contribution in [3.63, 3.8) is 0 Å². The van der Waals surface area contributed by atoms with E-state index in [1.54, 1.807) is 11.8 Å². The molecule has 20 heavy (non-hydrogen) atoms. The Bertz CT molecular complexity index is 680. The van der Waals surface area contributed by atoms with E-state index in [4.69, 9.17) is 0 Å². The van der Waals surface area contributed by atoms with Crippen molar-refractivity contribution >= 4 is 40.5 Å². The second kappa shape index (κ2) is 5.85. The fraction of sp³-hybridized carbons (Fsp3) is 0.125. The predicted octanol–water partition coefficient (Wildman–Crippen LogP) is 4.02. The van der Waals surface area contributed by atoms with Gasteiger partial charge in [-0.05, 0) is 18.4 Å². The van der Waals surface area contributed by atoms with Gasteiger partial charge in [-0.15, -0.1) is 0 Å². The van der Waals surface area contributed by atoms with Crippen LogP contribution in [-0.2, 0) is 0 Å². The van der Waals surface area contributed by atoms with Crippen LogP contribution >= 0.6 is 23.5 Å². The van der Waals surface area contributed by atoms with Crippen LogP contribution in [0.5, 0.6) is 0 Å². The summed E-state index contributed by atoms with van der Waals surface area (Å²) >= 11 is 2.99. The lowest BCUT2D eigenvalue weighted by Gasteiger charge is -2.14. The van der Waals surface area contributed by atoms with Gasteiger partial charge < -0.3 is 0 Å². The van der Waals surface area contributed by atoms with Crippen molar-refractivity contribution in [2.45, 2.75) is 4.90 Å². The molecule has 1 aliphatic rings. The Labute approximate surface area is 126 Å². The summed E-state index contributed by atoms with van der Waals surface area (Å²) in [6.07, 6.45) is 3.95. The standard InChI is InChI=1S/C16H14NOS2/c1-19-16(18)14-9-5-6-12-10-17(11-20-15(12)14)13-7-3-2-4-8-13/h2-10H,11H2,1H3/q+1. The molecule has 0 atom stereocenters. The van der Waals surface area contributed by atoms with Gasteiger partial charge in [0.15, 0.2) is 12.1 Å². The van der Waals surface area contributed by atoms with E-state index in [0.717, 1.165) is 21.9 Å². The van der Waals surface area contributed by atoms with Gasteiger partial charge in [0, 0.05) is 22.6 Å². The van der Waals surface area contributed by atoms with Crippen molar-refractivity contribution in [3.8, 4) is 0 Å². The monoisotopic (exact) mass is 300 g/mol. The zero-order chi connectivity index (χ0) is 13.9. The SMILES string of the molecule is CSC(=O)c1cccc2c1SC[N+](c1ccccc1)=C2. The lowest BCUT2D eigenvalue weighted by Crippen LogP contribution is -2.14. The average Bonchev–Trinajstić information content (AvgIpc) is 2.54. The number of hydrogen-bond acceptors (Lipinski definition) is 3. The van der Waals surface area contributed by atoms with Crippen LogP contribution in [0.2, 0.25) is 0 Å². The van der Waals surface area contributed by atoms with Gasteiger partial charge in [-0.3, -0.25) is 4.79 Å². The lowest BCUT2D eigenvalue weighted by atomic mass is 10.1. The molecule has 0 aliphatic carbocycles. The molecule has 0 unspecified atom stereocenters. The summed E-state index contributed by atoms with van der Waals surface area (Å²) in [7, 11) is 0. The highest BCUT2D eigenvalue weighted by atomic mass is 32.2. The Hall–Kier alpha value is -1.52. The summed E-state index contributed by atoms with van der Waals surface area (Å²) < 4.78 is 2.21. The largest absolute Gasteiger partial charge is 0.282 e.